The molecule has 1 heterocycles. The molecule has 4 heteroatoms. The van der Waals surface area contributed by atoms with Crippen LogP contribution < -0.4 is 5.73 Å². The number of ether oxygens (including phenoxy) is 1. The van der Waals surface area contributed by atoms with Gasteiger partial charge in [0.05, 0.1) is 6.61 Å². The van der Waals surface area contributed by atoms with E-state index in [0.29, 0.717) is 6.54 Å². The average molecular weight is 198 g/mol. The molecule has 0 unspecified atom stereocenters. The quantitative estimate of drug-likeness (QED) is 0.572. The summed E-state index contributed by atoms with van der Waals surface area (Å²) in [5.41, 5.74) is 6.67. The van der Waals surface area contributed by atoms with Gasteiger partial charge in [0.25, 0.3) is 0 Å². The minimum absolute atomic E-state index is 0.545. The zero-order valence-corrected chi connectivity index (χ0v) is 8.51. The van der Waals surface area contributed by atoms with Crippen LogP contribution in [0.15, 0.2) is 23.4 Å². The molecule has 0 bridgehead atoms. The highest BCUT2D eigenvalue weighted by Crippen LogP contribution is 2.18. The molecule has 0 radical (unpaired) electrons. The zero-order chi connectivity index (χ0) is 9.52. The van der Waals surface area contributed by atoms with Crippen molar-refractivity contribution >= 4 is 11.8 Å². The fourth-order valence-electron chi connectivity index (χ4n) is 0.931. The van der Waals surface area contributed by atoms with Crippen molar-refractivity contribution in [1.82, 2.24) is 4.98 Å². The van der Waals surface area contributed by atoms with Crippen LogP contribution in [0.2, 0.25) is 0 Å². The molecule has 0 saturated heterocycles. The molecular formula is C9H14N2OS. The van der Waals surface area contributed by atoms with Gasteiger partial charge in [0.1, 0.15) is 5.03 Å². The number of rotatable bonds is 5. The predicted octanol–water partition coefficient (Wildman–Crippen LogP) is 1.28. The molecule has 13 heavy (non-hydrogen) atoms. The van der Waals surface area contributed by atoms with E-state index >= 15 is 0 Å². The lowest BCUT2D eigenvalue weighted by atomic mass is 10.3. The molecule has 0 aliphatic rings. The number of hydrogen-bond donors (Lipinski definition) is 1. The minimum atomic E-state index is 0.545. The van der Waals surface area contributed by atoms with E-state index in [1.54, 1.807) is 25.1 Å². The lowest BCUT2D eigenvalue weighted by Gasteiger charge is -2.04. The van der Waals surface area contributed by atoms with E-state index in [1.165, 1.54) is 0 Å². The normalized spacial score (nSPS) is 10.3. The van der Waals surface area contributed by atoms with Crippen molar-refractivity contribution in [3.63, 3.8) is 0 Å². The van der Waals surface area contributed by atoms with E-state index < -0.39 is 0 Å². The lowest BCUT2D eigenvalue weighted by molar-refractivity contribution is 0.218. The van der Waals surface area contributed by atoms with Gasteiger partial charge in [-0.1, -0.05) is 6.07 Å². The Morgan fingerprint density at radius 3 is 3.15 bits per heavy atom. The van der Waals surface area contributed by atoms with E-state index in [-0.39, 0.29) is 0 Å². The minimum Gasteiger partial charge on any atom is -0.384 e. The molecular weight excluding hydrogens is 184 g/mol. The third kappa shape index (κ3) is 3.34. The highest BCUT2D eigenvalue weighted by Gasteiger charge is 2.00. The van der Waals surface area contributed by atoms with E-state index in [0.717, 1.165) is 22.9 Å². The first-order valence-corrected chi connectivity index (χ1v) is 5.12. The van der Waals surface area contributed by atoms with E-state index in [2.05, 4.69) is 4.98 Å². The Labute approximate surface area is 82.7 Å². The van der Waals surface area contributed by atoms with Gasteiger partial charge in [0.2, 0.25) is 0 Å². The molecule has 0 aliphatic heterocycles. The monoisotopic (exact) mass is 198 g/mol. The summed E-state index contributed by atoms with van der Waals surface area (Å²) in [5.74, 6) is 0.917. The Morgan fingerprint density at radius 1 is 1.62 bits per heavy atom. The topological polar surface area (TPSA) is 48.1 Å². The van der Waals surface area contributed by atoms with Crippen LogP contribution in [-0.4, -0.2) is 24.5 Å². The fourth-order valence-corrected chi connectivity index (χ4v) is 1.85. The van der Waals surface area contributed by atoms with Gasteiger partial charge in [-0.25, -0.2) is 4.98 Å². The molecule has 72 valence electrons. The van der Waals surface area contributed by atoms with Crippen LogP contribution in [0.3, 0.4) is 0 Å². The fraction of sp³-hybridized carbons (Fsp3) is 0.444. The third-order valence-electron chi connectivity index (χ3n) is 1.60. The molecule has 1 rings (SSSR count). The predicted molar refractivity (Wildman–Crippen MR) is 54.7 cm³/mol. The molecule has 1 aromatic rings. The van der Waals surface area contributed by atoms with Crippen LogP contribution in [0.5, 0.6) is 0 Å². The molecule has 0 aliphatic carbocycles. The lowest BCUT2D eigenvalue weighted by Crippen LogP contribution is -2.01. The summed E-state index contributed by atoms with van der Waals surface area (Å²) < 4.78 is 4.96. The van der Waals surface area contributed by atoms with Gasteiger partial charge in [-0.3, -0.25) is 0 Å². The van der Waals surface area contributed by atoms with E-state index in [4.69, 9.17) is 10.5 Å². The molecule has 1 aromatic heterocycles. The maximum absolute atomic E-state index is 5.57. The first-order valence-electron chi connectivity index (χ1n) is 4.14. The van der Waals surface area contributed by atoms with Crippen molar-refractivity contribution < 1.29 is 4.74 Å². The maximum Gasteiger partial charge on any atom is 0.101 e. The third-order valence-corrected chi connectivity index (χ3v) is 2.61. The standard InChI is InChI=1S/C9H14N2OS/c1-12-5-6-13-9-8(7-10)3-2-4-11-9/h2-4H,5-7,10H2,1H3. The van der Waals surface area contributed by atoms with Crippen LogP contribution in [-0.2, 0) is 11.3 Å². The molecule has 0 saturated carbocycles. The van der Waals surface area contributed by atoms with Crippen LogP contribution in [0.25, 0.3) is 0 Å². The smallest absolute Gasteiger partial charge is 0.101 e. The van der Waals surface area contributed by atoms with Crippen molar-refractivity contribution in [3.05, 3.63) is 23.9 Å². The first-order chi connectivity index (χ1) is 6.38. The van der Waals surface area contributed by atoms with Gasteiger partial charge in [0.15, 0.2) is 0 Å². The zero-order valence-electron chi connectivity index (χ0n) is 7.69. The number of hydrogen-bond acceptors (Lipinski definition) is 4. The van der Waals surface area contributed by atoms with Crippen molar-refractivity contribution in [2.75, 3.05) is 19.5 Å². The highest BCUT2D eigenvalue weighted by molar-refractivity contribution is 7.99. The Hall–Kier alpha value is -0.580. The Balaban J connectivity index is 2.54. The number of thioether (sulfide) groups is 1. The Morgan fingerprint density at radius 2 is 2.46 bits per heavy atom. The number of aromatic nitrogens is 1. The molecule has 2 N–H and O–H groups in total. The van der Waals surface area contributed by atoms with Gasteiger partial charge in [-0.05, 0) is 11.6 Å². The van der Waals surface area contributed by atoms with Crippen molar-refractivity contribution in [2.24, 2.45) is 5.73 Å². The van der Waals surface area contributed by atoms with Crippen molar-refractivity contribution in [1.29, 1.82) is 0 Å². The summed E-state index contributed by atoms with van der Waals surface area (Å²) in [5, 5.41) is 1.02. The Kier molecular flexibility index (Phi) is 4.82. The molecule has 0 aromatic carbocycles. The largest absolute Gasteiger partial charge is 0.384 e. The number of nitrogens with zero attached hydrogens (tertiary/aromatic N) is 1. The average Bonchev–Trinajstić information content (AvgIpc) is 2.19. The van der Waals surface area contributed by atoms with Crippen LogP contribution in [0.1, 0.15) is 5.56 Å². The van der Waals surface area contributed by atoms with Crippen molar-refractivity contribution in [3.8, 4) is 0 Å². The number of methoxy groups -OCH3 is 1. The second-order valence-corrected chi connectivity index (χ2v) is 3.60. The summed E-state index contributed by atoms with van der Waals surface area (Å²) in [6.45, 7) is 1.29. The Bertz CT molecular complexity index is 255. The summed E-state index contributed by atoms with van der Waals surface area (Å²) in [4.78, 5) is 4.25. The van der Waals surface area contributed by atoms with E-state index in [9.17, 15) is 0 Å². The van der Waals surface area contributed by atoms with Gasteiger partial charge in [-0.15, -0.1) is 11.8 Å². The molecule has 3 nitrogen and oxygen atoms in total. The maximum atomic E-state index is 5.57. The van der Waals surface area contributed by atoms with Crippen molar-refractivity contribution in [2.45, 2.75) is 11.6 Å². The second-order valence-electron chi connectivity index (χ2n) is 2.51. The van der Waals surface area contributed by atoms with Gasteiger partial charge in [-0.2, -0.15) is 0 Å². The van der Waals surface area contributed by atoms with Gasteiger partial charge >= 0.3 is 0 Å². The summed E-state index contributed by atoms with van der Waals surface area (Å²) in [6, 6.07) is 3.91. The van der Waals surface area contributed by atoms with E-state index in [1.807, 2.05) is 12.1 Å². The number of pyridine rings is 1. The molecule has 0 fully saturated rings. The van der Waals surface area contributed by atoms with Crippen LogP contribution >= 0.6 is 11.8 Å². The van der Waals surface area contributed by atoms with Gasteiger partial charge in [0, 0.05) is 25.6 Å². The second kappa shape index (κ2) is 5.96. The number of nitrogens with two attached hydrogens (primary N) is 1. The first kappa shape index (κ1) is 10.5. The van der Waals surface area contributed by atoms with Crippen LogP contribution in [0.4, 0.5) is 0 Å². The SMILES string of the molecule is COCCSc1ncccc1CN. The van der Waals surface area contributed by atoms with Gasteiger partial charge < -0.3 is 10.5 Å². The molecule has 0 amide bonds. The molecule has 0 spiro atoms. The van der Waals surface area contributed by atoms with Crippen LogP contribution in [0, 0.1) is 0 Å². The summed E-state index contributed by atoms with van der Waals surface area (Å²) in [7, 11) is 1.70. The summed E-state index contributed by atoms with van der Waals surface area (Å²) in [6.07, 6.45) is 1.79. The molecule has 0 atom stereocenters. The summed E-state index contributed by atoms with van der Waals surface area (Å²) >= 11 is 1.68. The highest BCUT2D eigenvalue weighted by atomic mass is 32.2.